The highest BCUT2D eigenvalue weighted by Crippen LogP contribution is 2.33. The third-order valence-electron chi connectivity index (χ3n) is 4.78. The number of carbonyl (C=O) groups excluding carboxylic acids is 1. The van der Waals surface area contributed by atoms with Gasteiger partial charge < -0.3 is 19.3 Å². The minimum atomic E-state index is -0.167. The highest BCUT2D eigenvalue weighted by Gasteiger charge is 2.17. The number of halogens is 1. The average Bonchev–Trinajstić information content (AvgIpc) is 3.30. The van der Waals surface area contributed by atoms with Gasteiger partial charge in [0.05, 0.1) is 31.9 Å². The Morgan fingerprint density at radius 2 is 1.75 bits per heavy atom. The molecule has 0 fully saturated rings. The smallest absolute Gasteiger partial charge is 0.260 e. The van der Waals surface area contributed by atoms with Crippen molar-refractivity contribution in [2.45, 2.75) is 6.42 Å². The number of para-hydroxylation sites is 1. The molecule has 7 nitrogen and oxygen atoms in total. The molecule has 0 aliphatic heterocycles. The molecule has 0 aliphatic rings. The standard InChI is InChI=1S/C24H20ClN3O4/c1-30-20-12-9-16(14-21(20)31-2)23-27-24(32-28-23)18-5-3-4-6-19(18)26-22(29)13-15-7-10-17(25)11-8-15/h3-12,14H,13H2,1-2H3,(H,26,29). The number of amides is 1. The van der Waals surface area contributed by atoms with Gasteiger partial charge in [0.25, 0.3) is 5.89 Å². The van der Waals surface area contributed by atoms with Crippen molar-refractivity contribution in [2.75, 3.05) is 19.5 Å². The van der Waals surface area contributed by atoms with Crippen LogP contribution in [0, 0.1) is 0 Å². The van der Waals surface area contributed by atoms with Crippen molar-refractivity contribution in [1.29, 1.82) is 0 Å². The van der Waals surface area contributed by atoms with E-state index >= 15 is 0 Å². The second-order valence-corrected chi connectivity index (χ2v) is 7.33. The Morgan fingerprint density at radius 1 is 1.00 bits per heavy atom. The molecule has 0 bridgehead atoms. The lowest BCUT2D eigenvalue weighted by atomic mass is 10.1. The monoisotopic (exact) mass is 449 g/mol. The summed E-state index contributed by atoms with van der Waals surface area (Å²) in [5.41, 5.74) is 2.77. The van der Waals surface area contributed by atoms with Crippen molar-refractivity contribution in [1.82, 2.24) is 10.1 Å². The van der Waals surface area contributed by atoms with E-state index in [0.717, 1.165) is 5.56 Å². The van der Waals surface area contributed by atoms with Gasteiger partial charge in [-0.05, 0) is 48.0 Å². The Balaban J connectivity index is 1.56. The molecule has 1 heterocycles. The Labute approximate surface area is 189 Å². The first-order valence-electron chi connectivity index (χ1n) is 9.77. The van der Waals surface area contributed by atoms with Crippen molar-refractivity contribution in [3.8, 4) is 34.3 Å². The van der Waals surface area contributed by atoms with Gasteiger partial charge in [-0.15, -0.1) is 0 Å². The highest BCUT2D eigenvalue weighted by atomic mass is 35.5. The molecule has 1 aromatic heterocycles. The van der Waals surface area contributed by atoms with Crippen molar-refractivity contribution in [3.63, 3.8) is 0 Å². The van der Waals surface area contributed by atoms with Gasteiger partial charge in [-0.1, -0.05) is 41.0 Å². The van der Waals surface area contributed by atoms with Crippen LogP contribution in [0.15, 0.2) is 71.3 Å². The van der Waals surface area contributed by atoms with Crippen LogP contribution in [0.3, 0.4) is 0 Å². The minimum Gasteiger partial charge on any atom is -0.493 e. The lowest BCUT2D eigenvalue weighted by molar-refractivity contribution is -0.115. The summed E-state index contributed by atoms with van der Waals surface area (Å²) in [6.45, 7) is 0. The van der Waals surface area contributed by atoms with Crippen molar-refractivity contribution in [3.05, 3.63) is 77.3 Å². The maximum atomic E-state index is 12.6. The quantitative estimate of drug-likeness (QED) is 0.414. The normalized spacial score (nSPS) is 10.6. The van der Waals surface area contributed by atoms with Gasteiger partial charge in [-0.25, -0.2) is 0 Å². The first-order valence-corrected chi connectivity index (χ1v) is 10.1. The van der Waals surface area contributed by atoms with E-state index in [0.29, 0.717) is 39.2 Å². The molecule has 0 aliphatic carbocycles. The number of methoxy groups -OCH3 is 2. The summed E-state index contributed by atoms with van der Waals surface area (Å²) < 4.78 is 16.1. The van der Waals surface area contributed by atoms with Gasteiger partial charge in [0.1, 0.15) is 0 Å². The van der Waals surface area contributed by atoms with E-state index in [1.54, 1.807) is 44.6 Å². The fourth-order valence-electron chi connectivity index (χ4n) is 3.19. The number of ether oxygens (including phenoxy) is 2. The zero-order valence-corrected chi connectivity index (χ0v) is 18.2. The summed E-state index contributed by atoms with van der Waals surface area (Å²) in [5.74, 6) is 1.68. The maximum Gasteiger partial charge on any atom is 0.260 e. The Hall–Kier alpha value is -3.84. The molecular weight excluding hydrogens is 430 g/mol. The van der Waals surface area contributed by atoms with Gasteiger partial charge in [-0.3, -0.25) is 4.79 Å². The van der Waals surface area contributed by atoms with Crippen LogP contribution in [0.4, 0.5) is 5.69 Å². The summed E-state index contributed by atoms with van der Waals surface area (Å²) >= 11 is 5.91. The van der Waals surface area contributed by atoms with Crippen LogP contribution in [0.5, 0.6) is 11.5 Å². The predicted octanol–water partition coefficient (Wildman–Crippen LogP) is 5.26. The Kier molecular flexibility index (Phi) is 6.37. The Bertz CT molecular complexity index is 1240. The van der Waals surface area contributed by atoms with Crippen molar-refractivity contribution in [2.24, 2.45) is 0 Å². The molecule has 4 aromatic rings. The lowest BCUT2D eigenvalue weighted by Crippen LogP contribution is -2.15. The van der Waals surface area contributed by atoms with Crippen LogP contribution in [0.1, 0.15) is 5.56 Å². The van der Waals surface area contributed by atoms with Gasteiger partial charge in [-0.2, -0.15) is 4.98 Å². The number of carbonyl (C=O) groups is 1. The molecule has 1 amide bonds. The van der Waals surface area contributed by atoms with Crippen LogP contribution in [-0.2, 0) is 11.2 Å². The second-order valence-electron chi connectivity index (χ2n) is 6.89. The summed E-state index contributed by atoms with van der Waals surface area (Å²) in [4.78, 5) is 17.1. The molecular formula is C24H20ClN3O4. The summed E-state index contributed by atoms with van der Waals surface area (Å²) in [5, 5.41) is 7.63. The molecule has 32 heavy (non-hydrogen) atoms. The summed E-state index contributed by atoms with van der Waals surface area (Å²) in [6, 6.07) is 19.8. The number of hydrogen-bond donors (Lipinski definition) is 1. The van der Waals surface area contributed by atoms with E-state index in [1.807, 2.05) is 36.4 Å². The van der Waals surface area contributed by atoms with E-state index in [1.165, 1.54) is 0 Å². The van der Waals surface area contributed by atoms with Gasteiger partial charge in [0.15, 0.2) is 11.5 Å². The van der Waals surface area contributed by atoms with Gasteiger partial charge in [0.2, 0.25) is 11.7 Å². The molecule has 3 aromatic carbocycles. The van der Waals surface area contributed by atoms with Crippen LogP contribution in [0.2, 0.25) is 5.02 Å². The molecule has 0 radical (unpaired) electrons. The number of benzene rings is 3. The molecule has 0 atom stereocenters. The first-order chi connectivity index (χ1) is 15.6. The van der Waals surface area contributed by atoms with E-state index in [-0.39, 0.29) is 18.2 Å². The van der Waals surface area contributed by atoms with Crippen molar-refractivity contribution >= 4 is 23.2 Å². The van der Waals surface area contributed by atoms with E-state index in [9.17, 15) is 4.79 Å². The van der Waals surface area contributed by atoms with Gasteiger partial charge >= 0.3 is 0 Å². The number of nitrogens with one attached hydrogen (secondary N) is 1. The van der Waals surface area contributed by atoms with E-state index < -0.39 is 0 Å². The van der Waals surface area contributed by atoms with Crippen LogP contribution < -0.4 is 14.8 Å². The molecule has 162 valence electrons. The molecule has 8 heteroatoms. The SMILES string of the molecule is COc1ccc(-c2noc(-c3ccccc3NC(=O)Cc3ccc(Cl)cc3)n2)cc1OC. The first kappa shape index (κ1) is 21.4. The van der Waals surface area contributed by atoms with Gasteiger partial charge in [0, 0.05) is 10.6 Å². The lowest BCUT2D eigenvalue weighted by Gasteiger charge is -2.09. The second kappa shape index (κ2) is 9.53. The van der Waals surface area contributed by atoms with E-state index in [2.05, 4.69) is 15.5 Å². The third kappa shape index (κ3) is 4.73. The maximum absolute atomic E-state index is 12.6. The largest absolute Gasteiger partial charge is 0.493 e. The van der Waals surface area contributed by atoms with Crippen LogP contribution in [-0.4, -0.2) is 30.3 Å². The molecule has 0 saturated carbocycles. The number of anilines is 1. The highest BCUT2D eigenvalue weighted by molar-refractivity contribution is 6.30. The number of nitrogens with zero attached hydrogens (tertiary/aromatic N) is 2. The van der Waals surface area contributed by atoms with Crippen molar-refractivity contribution < 1.29 is 18.8 Å². The average molecular weight is 450 g/mol. The van der Waals surface area contributed by atoms with Crippen LogP contribution in [0.25, 0.3) is 22.8 Å². The molecule has 0 saturated heterocycles. The number of aromatic nitrogens is 2. The third-order valence-corrected chi connectivity index (χ3v) is 5.03. The zero-order chi connectivity index (χ0) is 22.5. The topological polar surface area (TPSA) is 86.5 Å². The minimum absolute atomic E-state index is 0.167. The molecule has 0 spiro atoms. The number of hydrogen-bond acceptors (Lipinski definition) is 6. The van der Waals surface area contributed by atoms with E-state index in [4.69, 9.17) is 25.6 Å². The summed E-state index contributed by atoms with van der Waals surface area (Å²) in [6.07, 6.45) is 0.215. The Morgan fingerprint density at radius 3 is 2.50 bits per heavy atom. The number of rotatable bonds is 7. The molecule has 1 N–H and O–H groups in total. The van der Waals surface area contributed by atoms with Crippen LogP contribution >= 0.6 is 11.6 Å². The fourth-order valence-corrected chi connectivity index (χ4v) is 3.31. The molecule has 4 rings (SSSR count). The predicted molar refractivity (Wildman–Crippen MR) is 122 cm³/mol. The molecule has 0 unspecified atom stereocenters. The zero-order valence-electron chi connectivity index (χ0n) is 17.5. The fraction of sp³-hybridized carbons (Fsp3) is 0.125. The summed E-state index contributed by atoms with van der Waals surface area (Å²) in [7, 11) is 3.13.